The van der Waals surface area contributed by atoms with Crippen LogP contribution in [0.15, 0.2) is 50.3 Å². The summed E-state index contributed by atoms with van der Waals surface area (Å²) in [6, 6.07) is 10.8. The molecule has 4 nitrogen and oxygen atoms in total. The number of benzene rings is 2. The average molecular weight is 454 g/mol. The van der Waals surface area contributed by atoms with Crippen LogP contribution in [0.5, 0.6) is 5.75 Å². The van der Waals surface area contributed by atoms with Crippen LogP contribution in [0, 0.1) is 0 Å². The van der Waals surface area contributed by atoms with E-state index in [0.29, 0.717) is 27.8 Å². The molecule has 0 bridgehead atoms. The minimum absolute atomic E-state index is 0.00606. The molecule has 6 heteroatoms. The van der Waals surface area contributed by atoms with Gasteiger partial charge in [0.25, 0.3) is 0 Å². The highest BCUT2D eigenvalue weighted by atomic mass is 79.9. The molecule has 0 saturated heterocycles. The second-order valence-corrected chi connectivity index (χ2v) is 7.06. The summed E-state index contributed by atoms with van der Waals surface area (Å²) < 4.78 is 1.43. The molecule has 1 amide bonds. The molecule has 24 heavy (non-hydrogen) atoms. The first-order valence-electron chi connectivity index (χ1n) is 7.61. The van der Waals surface area contributed by atoms with E-state index in [4.69, 9.17) is 0 Å². The maximum Gasteiger partial charge on any atom is 0.224 e. The Balaban J connectivity index is 2.13. The van der Waals surface area contributed by atoms with Gasteiger partial charge >= 0.3 is 0 Å². The lowest BCUT2D eigenvalue weighted by molar-refractivity contribution is -0.116. The SMILES string of the molecule is CCCCC(=O)Nc1cccc(N=Cc2cc(Br)cc(Br)c2O)c1. The molecule has 0 aromatic heterocycles. The predicted octanol–water partition coefficient (Wildman–Crippen LogP) is 5.80. The minimum Gasteiger partial charge on any atom is -0.506 e. The van der Waals surface area contributed by atoms with Crippen LogP contribution in [-0.4, -0.2) is 17.2 Å². The van der Waals surface area contributed by atoms with Crippen LogP contribution in [0.25, 0.3) is 0 Å². The van der Waals surface area contributed by atoms with Crippen LogP contribution >= 0.6 is 31.9 Å². The minimum atomic E-state index is 0.00606. The Labute approximate surface area is 158 Å². The van der Waals surface area contributed by atoms with Crippen LogP contribution < -0.4 is 5.32 Å². The number of aromatic hydroxyl groups is 1. The van der Waals surface area contributed by atoms with E-state index in [9.17, 15) is 9.90 Å². The van der Waals surface area contributed by atoms with Gasteiger partial charge < -0.3 is 10.4 Å². The molecule has 0 fully saturated rings. The predicted molar refractivity (Wildman–Crippen MR) is 105 cm³/mol. The fourth-order valence-corrected chi connectivity index (χ4v) is 3.31. The zero-order valence-electron chi connectivity index (χ0n) is 13.2. The molecule has 0 radical (unpaired) electrons. The summed E-state index contributed by atoms with van der Waals surface area (Å²) in [5.74, 6) is 0.137. The number of carbonyl (C=O) groups excluding carboxylic acids is 1. The molecular formula is C18H18Br2N2O2. The molecule has 2 N–H and O–H groups in total. The van der Waals surface area contributed by atoms with Crippen molar-refractivity contribution < 1.29 is 9.90 Å². The Morgan fingerprint density at radius 2 is 2.08 bits per heavy atom. The Morgan fingerprint density at radius 3 is 2.83 bits per heavy atom. The maximum absolute atomic E-state index is 11.8. The van der Waals surface area contributed by atoms with Crippen molar-refractivity contribution in [1.29, 1.82) is 0 Å². The van der Waals surface area contributed by atoms with Gasteiger partial charge in [-0.25, -0.2) is 0 Å². The van der Waals surface area contributed by atoms with Gasteiger partial charge in [0, 0.05) is 28.4 Å². The van der Waals surface area contributed by atoms with Gasteiger partial charge in [0.2, 0.25) is 5.91 Å². The molecule has 0 aliphatic heterocycles. The lowest BCUT2D eigenvalue weighted by atomic mass is 10.2. The monoisotopic (exact) mass is 452 g/mol. The molecule has 0 atom stereocenters. The van der Waals surface area contributed by atoms with E-state index >= 15 is 0 Å². The summed E-state index contributed by atoms with van der Waals surface area (Å²) in [6.45, 7) is 2.05. The van der Waals surface area contributed by atoms with E-state index in [1.54, 1.807) is 24.4 Å². The Hall–Kier alpha value is -1.66. The first-order valence-corrected chi connectivity index (χ1v) is 9.20. The summed E-state index contributed by atoms with van der Waals surface area (Å²) in [7, 11) is 0. The topological polar surface area (TPSA) is 61.7 Å². The number of phenolic OH excluding ortho intramolecular Hbond substituents is 1. The first-order chi connectivity index (χ1) is 11.5. The third-order valence-corrected chi connectivity index (χ3v) is 4.36. The van der Waals surface area contributed by atoms with E-state index in [1.165, 1.54) is 0 Å². The molecule has 0 saturated carbocycles. The number of unbranched alkanes of at least 4 members (excludes halogenated alkanes) is 1. The Kier molecular flexibility index (Phi) is 6.99. The van der Waals surface area contributed by atoms with Gasteiger partial charge in [-0.1, -0.05) is 35.3 Å². The van der Waals surface area contributed by atoms with Crippen molar-refractivity contribution in [2.45, 2.75) is 26.2 Å². The van der Waals surface area contributed by atoms with Crippen LogP contribution in [0.1, 0.15) is 31.7 Å². The second-order valence-electron chi connectivity index (χ2n) is 5.29. The summed E-state index contributed by atoms with van der Waals surface area (Å²) in [5.41, 5.74) is 2.00. The summed E-state index contributed by atoms with van der Waals surface area (Å²) in [6.07, 6.45) is 3.97. The third kappa shape index (κ3) is 5.46. The lowest BCUT2D eigenvalue weighted by Gasteiger charge is -2.06. The lowest BCUT2D eigenvalue weighted by Crippen LogP contribution is -2.10. The Morgan fingerprint density at radius 1 is 1.29 bits per heavy atom. The Bertz CT molecular complexity index is 761. The number of halogens is 2. The van der Waals surface area contributed by atoms with E-state index in [0.717, 1.165) is 17.3 Å². The van der Waals surface area contributed by atoms with Crippen LogP contribution in [0.3, 0.4) is 0 Å². The van der Waals surface area contributed by atoms with Gasteiger partial charge in [-0.3, -0.25) is 9.79 Å². The number of hydrogen-bond donors (Lipinski definition) is 2. The molecule has 0 unspecified atom stereocenters. The zero-order valence-corrected chi connectivity index (χ0v) is 16.4. The molecule has 0 aliphatic carbocycles. The molecule has 126 valence electrons. The summed E-state index contributed by atoms with van der Waals surface area (Å²) >= 11 is 6.68. The molecular weight excluding hydrogens is 436 g/mol. The number of carbonyl (C=O) groups is 1. The van der Waals surface area contributed by atoms with E-state index in [-0.39, 0.29) is 11.7 Å². The van der Waals surface area contributed by atoms with Crippen LogP contribution in [0.4, 0.5) is 11.4 Å². The highest BCUT2D eigenvalue weighted by molar-refractivity contribution is 9.11. The van der Waals surface area contributed by atoms with Crippen molar-refractivity contribution in [3.8, 4) is 5.75 Å². The summed E-state index contributed by atoms with van der Waals surface area (Å²) in [4.78, 5) is 16.2. The quantitative estimate of drug-likeness (QED) is 0.543. The van der Waals surface area contributed by atoms with E-state index < -0.39 is 0 Å². The van der Waals surface area contributed by atoms with Crippen molar-refractivity contribution in [2.24, 2.45) is 4.99 Å². The average Bonchev–Trinajstić information content (AvgIpc) is 2.55. The van der Waals surface area contributed by atoms with Gasteiger partial charge in [-0.05, 0) is 52.7 Å². The van der Waals surface area contributed by atoms with Crippen LogP contribution in [0.2, 0.25) is 0 Å². The number of anilines is 1. The zero-order chi connectivity index (χ0) is 17.5. The number of phenols is 1. The molecule has 0 heterocycles. The summed E-state index contributed by atoms with van der Waals surface area (Å²) in [5, 5.41) is 12.9. The van der Waals surface area contributed by atoms with Gasteiger partial charge in [-0.15, -0.1) is 0 Å². The number of hydrogen-bond acceptors (Lipinski definition) is 3. The van der Waals surface area contributed by atoms with E-state index in [2.05, 4.69) is 49.1 Å². The van der Waals surface area contributed by atoms with Gasteiger partial charge in [0.05, 0.1) is 10.2 Å². The van der Waals surface area contributed by atoms with Crippen LogP contribution in [-0.2, 0) is 4.79 Å². The first kappa shape index (κ1) is 18.7. The number of nitrogens with zero attached hydrogens (tertiary/aromatic N) is 1. The fourth-order valence-electron chi connectivity index (χ4n) is 2.05. The van der Waals surface area contributed by atoms with Crippen molar-refractivity contribution in [2.75, 3.05) is 5.32 Å². The van der Waals surface area contributed by atoms with Crippen molar-refractivity contribution in [1.82, 2.24) is 0 Å². The van der Waals surface area contributed by atoms with Gasteiger partial charge in [0.15, 0.2) is 0 Å². The highest BCUT2D eigenvalue weighted by Gasteiger charge is 2.06. The maximum atomic E-state index is 11.8. The van der Waals surface area contributed by atoms with Gasteiger partial charge in [-0.2, -0.15) is 0 Å². The van der Waals surface area contributed by atoms with Crippen molar-refractivity contribution in [3.05, 3.63) is 50.9 Å². The van der Waals surface area contributed by atoms with Crippen molar-refractivity contribution in [3.63, 3.8) is 0 Å². The number of amides is 1. The highest BCUT2D eigenvalue weighted by Crippen LogP contribution is 2.31. The smallest absolute Gasteiger partial charge is 0.224 e. The molecule has 2 aromatic carbocycles. The van der Waals surface area contributed by atoms with Crippen molar-refractivity contribution >= 4 is 55.4 Å². The standard InChI is InChI=1S/C18H18Br2N2O2/c1-2-3-7-17(23)22-15-6-4-5-14(10-15)21-11-12-8-13(19)9-16(20)18(12)24/h4-6,8-11,24H,2-3,7H2,1H3,(H,22,23). The molecule has 0 aliphatic rings. The second kappa shape index (κ2) is 8.99. The van der Waals surface area contributed by atoms with Gasteiger partial charge in [0.1, 0.15) is 5.75 Å². The molecule has 0 spiro atoms. The fraction of sp³-hybridized carbons (Fsp3) is 0.222. The van der Waals surface area contributed by atoms with E-state index in [1.807, 2.05) is 18.2 Å². The number of aliphatic imine (C=N–C) groups is 1. The normalized spacial score (nSPS) is 11.0. The molecule has 2 aromatic rings. The largest absolute Gasteiger partial charge is 0.506 e. The number of nitrogens with one attached hydrogen (secondary N) is 1. The third-order valence-electron chi connectivity index (χ3n) is 3.30. The number of rotatable bonds is 6. The molecule has 2 rings (SSSR count).